The number of imidazole rings is 2. The van der Waals surface area contributed by atoms with Gasteiger partial charge in [-0.1, -0.05) is 64.5 Å². The van der Waals surface area contributed by atoms with E-state index in [0.717, 1.165) is 22.5 Å². The molecule has 2 aromatic carbocycles. The van der Waals surface area contributed by atoms with Crippen LogP contribution in [0.25, 0.3) is 0 Å². The number of H-pyrrole nitrogens is 1. The minimum atomic E-state index is -3.87. The third-order valence-corrected chi connectivity index (χ3v) is 8.90. The highest BCUT2D eigenvalue weighted by molar-refractivity contribution is 9.09. The lowest BCUT2D eigenvalue weighted by Gasteiger charge is -2.36. The second-order valence-corrected chi connectivity index (χ2v) is 11.2. The van der Waals surface area contributed by atoms with Crippen LogP contribution in [0.5, 0.6) is 0 Å². The zero-order valence-electron chi connectivity index (χ0n) is 18.6. The Labute approximate surface area is 207 Å². The van der Waals surface area contributed by atoms with Gasteiger partial charge in [0.05, 0.1) is 30.9 Å². The van der Waals surface area contributed by atoms with E-state index in [1.165, 1.54) is 6.33 Å². The molecule has 0 amide bonds. The van der Waals surface area contributed by atoms with Gasteiger partial charge < -0.3 is 14.5 Å². The number of nitrogens with one attached hydrogen (secondary N) is 1. The number of alkyl halides is 1. The van der Waals surface area contributed by atoms with Crippen LogP contribution in [0.1, 0.15) is 16.8 Å². The molecule has 4 aromatic rings. The first kappa shape index (κ1) is 22.8. The molecule has 1 N–H and O–H groups in total. The molecule has 2 atom stereocenters. The number of hydrogen-bond donors (Lipinski definition) is 1. The van der Waals surface area contributed by atoms with E-state index in [1.807, 2.05) is 60.8 Å². The highest BCUT2D eigenvalue weighted by Gasteiger charge is 2.42. The molecule has 5 rings (SSSR count). The van der Waals surface area contributed by atoms with E-state index in [9.17, 15) is 8.42 Å². The lowest BCUT2D eigenvalue weighted by molar-refractivity contribution is 0.308. The highest BCUT2D eigenvalue weighted by atomic mass is 79.9. The van der Waals surface area contributed by atoms with Crippen molar-refractivity contribution in [2.24, 2.45) is 7.05 Å². The molecule has 2 aromatic heterocycles. The zero-order chi connectivity index (χ0) is 23.7. The SMILES string of the molecule is Cn1cnc(S(=O)(=O)N2Cc3ccccc3N(Cc3c[nH]cn3)C(Br)C2Cc2ccccc2)c1. The monoisotopic (exact) mass is 540 g/mol. The van der Waals surface area contributed by atoms with Gasteiger partial charge in [-0.05, 0) is 23.6 Å². The van der Waals surface area contributed by atoms with Gasteiger partial charge in [0.25, 0.3) is 10.0 Å². The molecule has 0 saturated heterocycles. The van der Waals surface area contributed by atoms with Gasteiger partial charge in [-0.25, -0.2) is 18.4 Å². The van der Waals surface area contributed by atoms with Crippen molar-refractivity contribution in [2.45, 2.75) is 35.5 Å². The fourth-order valence-electron chi connectivity index (χ4n) is 4.37. The molecule has 0 spiro atoms. The summed E-state index contributed by atoms with van der Waals surface area (Å²) in [6.07, 6.45) is 7.12. The van der Waals surface area contributed by atoms with Gasteiger partial charge in [0.2, 0.25) is 0 Å². The molecule has 1 aliphatic rings. The summed E-state index contributed by atoms with van der Waals surface area (Å²) in [5.41, 5.74) is 3.84. The number of benzene rings is 2. The predicted molar refractivity (Wildman–Crippen MR) is 134 cm³/mol. The van der Waals surface area contributed by atoms with E-state index < -0.39 is 16.1 Å². The second kappa shape index (κ2) is 9.36. The molecule has 0 aliphatic carbocycles. The van der Waals surface area contributed by atoms with Crippen molar-refractivity contribution in [3.8, 4) is 0 Å². The van der Waals surface area contributed by atoms with E-state index in [2.05, 4.69) is 35.8 Å². The van der Waals surface area contributed by atoms with Gasteiger partial charge in [-0.3, -0.25) is 0 Å². The van der Waals surface area contributed by atoms with Crippen LogP contribution in [0.2, 0.25) is 0 Å². The van der Waals surface area contributed by atoms with Crippen molar-refractivity contribution in [3.05, 3.63) is 96.5 Å². The minimum Gasteiger partial charge on any atom is -0.351 e. The Morgan fingerprint density at radius 3 is 2.56 bits per heavy atom. The number of fused-ring (bicyclic) bond motifs is 1. The van der Waals surface area contributed by atoms with Crippen molar-refractivity contribution >= 4 is 31.6 Å². The van der Waals surface area contributed by atoms with Gasteiger partial charge in [0.15, 0.2) is 5.03 Å². The largest absolute Gasteiger partial charge is 0.351 e. The molecule has 0 radical (unpaired) electrons. The topological polar surface area (TPSA) is 87.1 Å². The number of nitrogens with zero attached hydrogens (tertiary/aromatic N) is 5. The molecule has 0 saturated carbocycles. The Kier molecular flexibility index (Phi) is 6.28. The molecule has 1 aliphatic heterocycles. The van der Waals surface area contributed by atoms with E-state index in [0.29, 0.717) is 13.0 Å². The Balaban J connectivity index is 1.63. The third kappa shape index (κ3) is 4.40. The Hall–Kier alpha value is -2.95. The summed E-state index contributed by atoms with van der Waals surface area (Å²) < 4.78 is 31.1. The maximum atomic E-state index is 13.9. The fraction of sp³-hybridized carbons (Fsp3) is 0.250. The first-order valence-electron chi connectivity index (χ1n) is 10.9. The van der Waals surface area contributed by atoms with Crippen molar-refractivity contribution in [2.75, 3.05) is 4.90 Å². The standard InChI is InChI=1S/C24H25BrN6O2S/c1-29-15-23(28-17-29)34(32,33)31-13-19-9-5-6-10-21(19)30(14-20-12-26-16-27-20)24(25)22(31)11-18-7-3-2-4-8-18/h2-10,12,15-17,22,24H,11,13-14H2,1H3,(H,26,27). The fourth-order valence-corrected chi connectivity index (χ4v) is 6.94. The second-order valence-electron chi connectivity index (χ2n) is 8.37. The lowest BCUT2D eigenvalue weighted by atomic mass is 10.1. The molecular formula is C24H25BrN6O2S. The Morgan fingerprint density at radius 1 is 1.09 bits per heavy atom. The van der Waals surface area contributed by atoms with Crippen LogP contribution in [-0.4, -0.2) is 43.2 Å². The number of hydrogen-bond acceptors (Lipinski definition) is 5. The summed E-state index contributed by atoms with van der Waals surface area (Å²) in [5, 5.41) is 0.0472. The van der Waals surface area contributed by atoms with Crippen LogP contribution < -0.4 is 4.90 Å². The summed E-state index contributed by atoms with van der Waals surface area (Å²) >= 11 is 3.91. The van der Waals surface area contributed by atoms with E-state index in [-0.39, 0.29) is 16.5 Å². The quantitative estimate of drug-likeness (QED) is 0.297. The Bertz CT molecular complexity index is 1360. The molecule has 0 bridgehead atoms. The Morgan fingerprint density at radius 2 is 1.85 bits per heavy atom. The van der Waals surface area contributed by atoms with Crippen LogP contribution in [0.15, 0.2) is 84.7 Å². The molecule has 2 unspecified atom stereocenters. The van der Waals surface area contributed by atoms with Crippen LogP contribution in [0.4, 0.5) is 5.69 Å². The molecule has 3 heterocycles. The van der Waals surface area contributed by atoms with Gasteiger partial charge in [-0.2, -0.15) is 4.31 Å². The number of aromatic amines is 1. The third-order valence-electron chi connectivity index (χ3n) is 6.04. The van der Waals surface area contributed by atoms with Crippen molar-refractivity contribution < 1.29 is 8.42 Å². The van der Waals surface area contributed by atoms with Crippen LogP contribution in [0.3, 0.4) is 0 Å². The lowest BCUT2D eigenvalue weighted by Crippen LogP contribution is -2.50. The molecule has 34 heavy (non-hydrogen) atoms. The van der Waals surface area contributed by atoms with Crippen LogP contribution >= 0.6 is 15.9 Å². The number of halogens is 1. The zero-order valence-corrected chi connectivity index (χ0v) is 21.0. The number of aromatic nitrogens is 4. The smallest absolute Gasteiger partial charge is 0.262 e. The summed E-state index contributed by atoms with van der Waals surface area (Å²) in [4.78, 5) is 13.5. The first-order valence-corrected chi connectivity index (χ1v) is 13.3. The van der Waals surface area contributed by atoms with Gasteiger partial charge >= 0.3 is 0 Å². The van der Waals surface area contributed by atoms with Crippen molar-refractivity contribution in [1.82, 2.24) is 23.8 Å². The van der Waals surface area contributed by atoms with Crippen molar-refractivity contribution in [1.29, 1.82) is 0 Å². The average molecular weight is 541 g/mol. The number of para-hydroxylation sites is 1. The number of anilines is 1. The highest BCUT2D eigenvalue weighted by Crippen LogP contribution is 2.37. The van der Waals surface area contributed by atoms with Gasteiger partial charge in [-0.15, -0.1) is 0 Å². The molecule has 0 fully saturated rings. The number of aryl methyl sites for hydroxylation is 1. The minimum absolute atomic E-state index is 0.0472. The summed E-state index contributed by atoms with van der Waals surface area (Å²) in [7, 11) is -2.10. The van der Waals surface area contributed by atoms with Gasteiger partial charge in [0, 0.05) is 31.7 Å². The molecule has 10 heteroatoms. The summed E-state index contributed by atoms with van der Waals surface area (Å²) in [6.45, 7) is 0.769. The van der Waals surface area contributed by atoms with Crippen LogP contribution in [-0.2, 0) is 36.6 Å². The number of rotatable bonds is 6. The first-order chi connectivity index (χ1) is 16.4. The van der Waals surface area contributed by atoms with Gasteiger partial charge in [0.1, 0.15) is 4.95 Å². The van der Waals surface area contributed by atoms with Crippen molar-refractivity contribution in [3.63, 3.8) is 0 Å². The normalized spacial score (nSPS) is 19.1. The maximum absolute atomic E-state index is 13.9. The summed E-state index contributed by atoms with van der Waals surface area (Å²) in [6, 6.07) is 17.5. The predicted octanol–water partition coefficient (Wildman–Crippen LogP) is 3.69. The van der Waals surface area contributed by atoms with E-state index in [4.69, 9.17) is 0 Å². The number of sulfonamides is 1. The van der Waals surface area contributed by atoms with Crippen LogP contribution in [0, 0.1) is 0 Å². The summed E-state index contributed by atoms with van der Waals surface area (Å²) in [5.74, 6) is 0. The van der Waals surface area contributed by atoms with E-state index >= 15 is 0 Å². The average Bonchev–Trinajstić information content (AvgIpc) is 3.50. The molecular weight excluding hydrogens is 516 g/mol. The van der Waals surface area contributed by atoms with E-state index in [1.54, 1.807) is 28.4 Å². The molecule has 176 valence electrons. The molecule has 8 nitrogen and oxygen atoms in total. The maximum Gasteiger partial charge on any atom is 0.262 e.